The van der Waals surface area contributed by atoms with Gasteiger partial charge in [-0.1, -0.05) is 22.0 Å². The molecule has 1 nitrogen and oxygen atoms in total. The summed E-state index contributed by atoms with van der Waals surface area (Å²) < 4.78 is 13.7. The first-order valence-electron chi connectivity index (χ1n) is 4.46. The molecule has 70 valence electrons. The Balaban J connectivity index is 2.29. The molecule has 1 saturated heterocycles. The molecule has 1 atom stereocenters. The Hall–Kier alpha value is -0.410. The number of hydrogen-bond donors (Lipinski definition) is 1. The third-order valence-corrected chi connectivity index (χ3v) is 3.08. The van der Waals surface area contributed by atoms with Gasteiger partial charge in [-0.2, -0.15) is 0 Å². The Bertz CT molecular complexity index is 308. The molecule has 0 aromatic heterocycles. The molecule has 1 unspecified atom stereocenters. The summed E-state index contributed by atoms with van der Waals surface area (Å²) in [6, 6.07) is 5.28. The van der Waals surface area contributed by atoms with Gasteiger partial charge in [-0.05, 0) is 37.1 Å². The third-order valence-electron chi connectivity index (χ3n) is 2.40. The van der Waals surface area contributed by atoms with Crippen molar-refractivity contribution in [2.75, 3.05) is 6.54 Å². The van der Waals surface area contributed by atoms with Crippen molar-refractivity contribution in [3.8, 4) is 0 Å². The quantitative estimate of drug-likeness (QED) is 0.800. The minimum absolute atomic E-state index is 0.186. The zero-order valence-corrected chi connectivity index (χ0v) is 8.77. The van der Waals surface area contributed by atoms with Crippen molar-refractivity contribution in [2.24, 2.45) is 0 Å². The molecule has 0 saturated carbocycles. The molecule has 13 heavy (non-hydrogen) atoms. The highest BCUT2D eigenvalue weighted by molar-refractivity contribution is 9.10. The highest BCUT2D eigenvalue weighted by Crippen LogP contribution is 2.29. The van der Waals surface area contributed by atoms with E-state index in [1.807, 2.05) is 6.07 Å². The summed E-state index contributed by atoms with van der Waals surface area (Å²) in [5.41, 5.74) is 1.17. The van der Waals surface area contributed by atoms with Gasteiger partial charge in [-0.15, -0.1) is 0 Å². The van der Waals surface area contributed by atoms with Gasteiger partial charge in [0.2, 0.25) is 0 Å². The van der Waals surface area contributed by atoms with Gasteiger partial charge in [0, 0.05) is 10.5 Å². The van der Waals surface area contributed by atoms with Crippen molar-refractivity contribution in [1.82, 2.24) is 5.32 Å². The van der Waals surface area contributed by atoms with Gasteiger partial charge in [-0.3, -0.25) is 0 Å². The second kappa shape index (κ2) is 3.76. The fourth-order valence-electron chi connectivity index (χ4n) is 1.73. The predicted octanol–water partition coefficient (Wildman–Crippen LogP) is 3.01. The van der Waals surface area contributed by atoms with E-state index in [1.165, 1.54) is 24.1 Å². The number of rotatable bonds is 1. The highest BCUT2D eigenvalue weighted by Gasteiger charge is 2.18. The molecule has 0 amide bonds. The van der Waals surface area contributed by atoms with Gasteiger partial charge >= 0.3 is 0 Å². The predicted molar refractivity (Wildman–Crippen MR) is 54.1 cm³/mol. The lowest BCUT2D eigenvalue weighted by atomic mass is 10.1. The monoisotopic (exact) mass is 243 g/mol. The van der Waals surface area contributed by atoms with Crippen molar-refractivity contribution < 1.29 is 4.39 Å². The molecule has 1 heterocycles. The fourth-order valence-corrected chi connectivity index (χ4v) is 2.36. The second-order valence-corrected chi connectivity index (χ2v) is 4.17. The van der Waals surface area contributed by atoms with Crippen LogP contribution in [0.3, 0.4) is 0 Å². The van der Waals surface area contributed by atoms with E-state index >= 15 is 0 Å². The summed E-state index contributed by atoms with van der Waals surface area (Å²) in [7, 11) is 0. The van der Waals surface area contributed by atoms with E-state index in [1.54, 1.807) is 0 Å². The second-order valence-electron chi connectivity index (χ2n) is 3.31. The van der Waals surface area contributed by atoms with Crippen molar-refractivity contribution in [2.45, 2.75) is 18.9 Å². The standard InChI is InChI=1S/C10H11BrFN/c11-9-6-7(12)3-4-8(9)10-2-1-5-13-10/h3-4,6,10,13H,1-2,5H2. The minimum Gasteiger partial charge on any atom is -0.310 e. The fraction of sp³-hybridized carbons (Fsp3) is 0.400. The minimum atomic E-state index is -0.186. The van der Waals surface area contributed by atoms with E-state index in [-0.39, 0.29) is 5.82 Å². The summed E-state index contributed by atoms with van der Waals surface area (Å²) in [5, 5.41) is 3.38. The zero-order valence-electron chi connectivity index (χ0n) is 7.19. The molecule has 1 fully saturated rings. The summed E-state index contributed by atoms with van der Waals surface area (Å²) in [5.74, 6) is -0.186. The van der Waals surface area contributed by atoms with Crippen LogP contribution in [0, 0.1) is 5.82 Å². The largest absolute Gasteiger partial charge is 0.310 e. The first kappa shape index (κ1) is 9.16. The van der Waals surface area contributed by atoms with Gasteiger partial charge in [0.15, 0.2) is 0 Å². The Morgan fingerprint density at radius 3 is 2.92 bits per heavy atom. The van der Waals surface area contributed by atoms with Gasteiger partial charge < -0.3 is 5.32 Å². The van der Waals surface area contributed by atoms with Crippen molar-refractivity contribution in [3.63, 3.8) is 0 Å². The first-order valence-corrected chi connectivity index (χ1v) is 5.25. The molecule has 3 heteroatoms. The van der Waals surface area contributed by atoms with Crippen LogP contribution in [0.2, 0.25) is 0 Å². The topological polar surface area (TPSA) is 12.0 Å². The summed E-state index contributed by atoms with van der Waals surface area (Å²) in [6.07, 6.45) is 2.35. The van der Waals surface area contributed by atoms with Crippen molar-refractivity contribution in [3.05, 3.63) is 34.1 Å². The molecule has 1 aliphatic rings. The molecule has 1 aromatic carbocycles. The third kappa shape index (κ3) is 1.92. The molecule has 0 aliphatic carbocycles. The van der Waals surface area contributed by atoms with Gasteiger partial charge in [0.1, 0.15) is 5.82 Å². The summed E-state index contributed by atoms with van der Waals surface area (Å²) in [6.45, 7) is 1.06. The van der Waals surface area contributed by atoms with Gasteiger partial charge in [0.05, 0.1) is 0 Å². The Morgan fingerprint density at radius 2 is 2.31 bits per heavy atom. The van der Waals surface area contributed by atoms with Crippen molar-refractivity contribution in [1.29, 1.82) is 0 Å². The lowest BCUT2D eigenvalue weighted by Gasteiger charge is -2.12. The van der Waals surface area contributed by atoms with Gasteiger partial charge in [-0.25, -0.2) is 4.39 Å². The highest BCUT2D eigenvalue weighted by atomic mass is 79.9. The molecule has 0 radical (unpaired) electrons. The zero-order chi connectivity index (χ0) is 9.26. The Kier molecular flexibility index (Phi) is 2.65. The first-order chi connectivity index (χ1) is 6.27. The van der Waals surface area contributed by atoms with E-state index in [0.717, 1.165) is 17.4 Å². The van der Waals surface area contributed by atoms with Crippen molar-refractivity contribution >= 4 is 15.9 Å². The van der Waals surface area contributed by atoms with E-state index in [0.29, 0.717) is 6.04 Å². The van der Waals surface area contributed by atoms with Crippen LogP contribution >= 0.6 is 15.9 Å². The summed E-state index contributed by atoms with van der Waals surface area (Å²) in [4.78, 5) is 0. The van der Waals surface area contributed by atoms with Crippen LogP contribution in [0.15, 0.2) is 22.7 Å². The number of halogens is 2. The van der Waals surface area contributed by atoms with Crippen LogP contribution < -0.4 is 5.32 Å². The van der Waals surface area contributed by atoms with Crippen LogP contribution in [0.25, 0.3) is 0 Å². The lowest BCUT2D eigenvalue weighted by Crippen LogP contribution is -2.13. The Labute approximate surface area is 85.5 Å². The van der Waals surface area contributed by atoms with E-state index in [4.69, 9.17) is 0 Å². The molecule has 1 N–H and O–H groups in total. The van der Waals surface area contributed by atoms with Gasteiger partial charge in [0.25, 0.3) is 0 Å². The van der Waals surface area contributed by atoms with E-state index in [9.17, 15) is 4.39 Å². The van der Waals surface area contributed by atoms with Crippen LogP contribution in [-0.4, -0.2) is 6.54 Å². The maximum atomic E-state index is 12.8. The maximum absolute atomic E-state index is 12.8. The molecule has 1 aliphatic heterocycles. The number of nitrogens with one attached hydrogen (secondary N) is 1. The average molecular weight is 244 g/mol. The smallest absolute Gasteiger partial charge is 0.124 e. The average Bonchev–Trinajstić information content (AvgIpc) is 2.56. The molecule has 1 aromatic rings. The normalized spacial score (nSPS) is 22.2. The SMILES string of the molecule is Fc1ccc(C2CCCN2)c(Br)c1. The van der Waals surface area contributed by atoms with Crippen LogP contribution in [0.5, 0.6) is 0 Å². The molecule has 2 rings (SSSR count). The van der Waals surface area contributed by atoms with E-state index in [2.05, 4.69) is 21.2 Å². The van der Waals surface area contributed by atoms with E-state index < -0.39 is 0 Å². The van der Waals surface area contributed by atoms with Crippen LogP contribution in [0.4, 0.5) is 4.39 Å². The molecule has 0 spiro atoms. The molecular formula is C10H11BrFN. The number of benzene rings is 1. The maximum Gasteiger partial charge on any atom is 0.124 e. The molecular weight excluding hydrogens is 233 g/mol. The molecule has 0 bridgehead atoms. The van der Waals surface area contributed by atoms with Crippen LogP contribution in [0.1, 0.15) is 24.4 Å². The van der Waals surface area contributed by atoms with Crippen LogP contribution in [-0.2, 0) is 0 Å². The lowest BCUT2D eigenvalue weighted by molar-refractivity contribution is 0.615. The summed E-state index contributed by atoms with van der Waals surface area (Å²) >= 11 is 3.38. The Morgan fingerprint density at radius 1 is 1.46 bits per heavy atom. The number of hydrogen-bond acceptors (Lipinski definition) is 1.